The minimum atomic E-state index is -0.418. The molecule has 1 atom stereocenters. The van der Waals surface area contributed by atoms with Crippen molar-refractivity contribution in [3.05, 3.63) is 35.4 Å². The summed E-state index contributed by atoms with van der Waals surface area (Å²) >= 11 is 0. The minimum absolute atomic E-state index is 0.0270. The van der Waals surface area contributed by atoms with Crippen molar-refractivity contribution >= 4 is 11.8 Å². The first-order valence-electron chi connectivity index (χ1n) is 6.83. The van der Waals surface area contributed by atoms with Crippen molar-refractivity contribution < 1.29 is 9.59 Å². The molecule has 2 amide bonds. The van der Waals surface area contributed by atoms with Gasteiger partial charge in [0.15, 0.2) is 0 Å². The van der Waals surface area contributed by atoms with Gasteiger partial charge in [-0.1, -0.05) is 12.1 Å². The second-order valence-electron chi connectivity index (χ2n) is 5.42. The lowest BCUT2D eigenvalue weighted by atomic mass is 10.1. The van der Waals surface area contributed by atoms with E-state index in [-0.39, 0.29) is 11.9 Å². The van der Waals surface area contributed by atoms with Crippen LogP contribution in [0.15, 0.2) is 24.3 Å². The topological polar surface area (TPSA) is 66.6 Å². The van der Waals surface area contributed by atoms with E-state index < -0.39 is 5.91 Å². The number of nitrogens with zero attached hydrogens (tertiary/aromatic N) is 2. The Hall–Kier alpha value is -1.88. The van der Waals surface area contributed by atoms with E-state index in [2.05, 4.69) is 4.90 Å². The van der Waals surface area contributed by atoms with Crippen LogP contribution in [0.2, 0.25) is 0 Å². The zero-order valence-corrected chi connectivity index (χ0v) is 12.0. The van der Waals surface area contributed by atoms with Crippen molar-refractivity contribution in [1.29, 1.82) is 0 Å². The van der Waals surface area contributed by atoms with E-state index in [1.165, 1.54) is 0 Å². The van der Waals surface area contributed by atoms with E-state index in [1.54, 1.807) is 31.1 Å². The fraction of sp³-hybridized carbons (Fsp3) is 0.467. The van der Waals surface area contributed by atoms with E-state index >= 15 is 0 Å². The number of carbonyl (C=O) groups is 2. The molecule has 0 aliphatic carbocycles. The molecule has 2 N–H and O–H groups in total. The highest BCUT2D eigenvalue weighted by Crippen LogP contribution is 2.21. The van der Waals surface area contributed by atoms with Crippen LogP contribution < -0.4 is 5.73 Å². The smallest absolute Gasteiger partial charge is 0.248 e. The first-order chi connectivity index (χ1) is 9.49. The third kappa shape index (κ3) is 3.17. The van der Waals surface area contributed by atoms with Crippen LogP contribution >= 0.6 is 0 Å². The molecule has 0 bridgehead atoms. The number of amides is 2. The molecule has 1 aliphatic rings. The number of carbonyl (C=O) groups excluding carboxylic acids is 2. The lowest BCUT2D eigenvalue weighted by molar-refractivity contribution is -0.133. The van der Waals surface area contributed by atoms with Gasteiger partial charge in [-0.05, 0) is 37.1 Å². The van der Waals surface area contributed by atoms with Crippen molar-refractivity contribution in [3.8, 4) is 0 Å². The average molecular weight is 275 g/mol. The highest BCUT2D eigenvalue weighted by molar-refractivity contribution is 5.92. The molecule has 0 unspecified atom stereocenters. The van der Waals surface area contributed by atoms with Gasteiger partial charge < -0.3 is 10.6 Å². The van der Waals surface area contributed by atoms with Crippen LogP contribution in [0.4, 0.5) is 0 Å². The van der Waals surface area contributed by atoms with Crippen molar-refractivity contribution in [2.45, 2.75) is 25.4 Å². The van der Waals surface area contributed by atoms with E-state index in [0.29, 0.717) is 5.56 Å². The van der Waals surface area contributed by atoms with Crippen molar-refractivity contribution in [2.75, 3.05) is 20.6 Å². The van der Waals surface area contributed by atoms with Crippen molar-refractivity contribution in [3.63, 3.8) is 0 Å². The molecule has 2 rings (SSSR count). The Bertz CT molecular complexity index is 496. The molecule has 0 aromatic heterocycles. The van der Waals surface area contributed by atoms with Gasteiger partial charge >= 0.3 is 0 Å². The summed E-state index contributed by atoms with van der Waals surface area (Å²) < 4.78 is 0. The maximum Gasteiger partial charge on any atom is 0.248 e. The van der Waals surface area contributed by atoms with Crippen LogP contribution in [0.1, 0.15) is 28.8 Å². The summed E-state index contributed by atoms with van der Waals surface area (Å²) in [6.07, 6.45) is 1.96. The number of hydrogen-bond acceptors (Lipinski definition) is 3. The van der Waals surface area contributed by atoms with E-state index in [4.69, 9.17) is 5.73 Å². The monoisotopic (exact) mass is 275 g/mol. The first-order valence-corrected chi connectivity index (χ1v) is 6.83. The molecule has 0 saturated carbocycles. The summed E-state index contributed by atoms with van der Waals surface area (Å²) in [4.78, 5) is 27.0. The number of rotatable bonds is 4. The predicted molar refractivity (Wildman–Crippen MR) is 77.1 cm³/mol. The number of likely N-dealkylation sites (N-methyl/N-ethyl adjacent to an activating group) is 1. The molecule has 0 spiro atoms. The lowest BCUT2D eigenvalue weighted by Crippen LogP contribution is -2.42. The number of benzene rings is 1. The van der Waals surface area contributed by atoms with Crippen LogP contribution in [-0.2, 0) is 11.3 Å². The Morgan fingerprint density at radius 2 is 1.95 bits per heavy atom. The molecular formula is C15H21N3O2. The first kappa shape index (κ1) is 14.5. The zero-order chi connectivity index (χ0) is 14.7. The summed E-state index contributed by atoms with van der Waals surface area (Å²) in [5.41, 5.74) is 6.82. The fourth-order valence-corrected chi connectivity index (χ4v) is 2.60. The summed E-state index contributed by atoms with van der Waals surface area (Å²) in [6.45, 7) is 1.66. The Labute approximate surface area is 119 Å². The van der Waals surface area contributed by atoms with Crippen LogP contribution in [0, 0.1) is 0 Å². The number of nitrogens with two attached hydrogens (primary N) is 1. The standard InChI is InChI=1S/C15H21N3O2/c1-17(2)15(20)13-4-3-9-18(13)10-11-5-7-12(8-6-11)14(16)19/h5-8,13H,3-4,9-10H2,1-2H3,(H2,16,19)/t13-/m0/s1. The van der Waals surface area contributed by atoms with E-state index in [1.807, 2.05) is 12.1 Å². The Balaban J connectivity index is 2.05. The van der Waals surface area contributed by atoms with Crippen molar-refractivity contribution in [1.82, 2.24) is 9.80 Å². The molecule has 1 fully saturated rings. The van der Waals surface area contributed by atoms with Crippen molar-refractivity contribution in [2.24, 2.45) is 5.73 Å². The van der Waals surface area contributed by atoms with Gasteiger partial charge in [-0.15, -0.1) is 0 Å². The van der Waals surface area contributed by atoms with Gasteiger partial charge in [0, 0.05) is 26.2 Å². The van der Waals surface area contributed by atoms with Crippen LogP contribution in [-0.4, -0.2) is 48.3 Å². The molecule has 1 heterocycles. The van der Waals surface area contributed by atoms with Gasteiger partial charge in [0.05, 0.1) is 6.04 Å². The summed E-state index contributed by atoms with van der Waals surface area (Å²) in [7, 11) is 3.58. The second kappa shape index (κ2) is 6.05. The summed E-state index contributed by atoms with van der Waals surface area (Å²) in [5, 5.41) is 0. The van der Waals surface area contributed by atoms with Crippen LogP contribution in [0.5, 0.6) is 0 Å². The third-order valence-corrected chi connectivity index (χ3v) is 3.71. The van der Waals surface area contributed by atoms with E-state index in [9.17, 15) is 9.59 Å². The SMILES string of the molecule is CN(C)C(=O)[C@@H]1CCCN1Cc1ccc(C(N)=O)cc1. The van der Waals surface area contributed by atoms with Gasteiger partial charge in [0.2, 0.25) is 11.8 Å². The second-order valence-corrected chi connectivity index (χ2v) is 5.42. The minimum Gasteiger partial charge on any atom is -0.366 e. The highest BCUT2D eigenvalue weighted by Gasteiger charge is 2.31. The molecule has 1 aliphatic heterocycles. The maximum atomic E-state index is 12.1. The average Bonchev–Trinajstić information content (AvgIpc) is 2.86. The van der Waals surface area contributed by atoms with Gasteiger partial charge in [-0.2, -0.15) is 0 Å². The highest BCUT2D eigenvalue weighted by atomic mass is 16.2. The predicted octanol–water partition coefficient (Wildman–Crippen LogP) is 0.838. The number of likely N-dealkylation sites (tertiary alicyclic amines) is 1. The Morgan fingerprint density at radius 1 is 1.30 bits per heavy atom. The Morgan fingerprint density at radius 3 is 2.50 bits per heavy atom. The molecule has 0 radical (unpaired) electrons. The number of primary amides is 1. The molecule has 5 heteroatoms. The van der Waals surface area contributed by atoms with Gasteiger partial charge in [-0.25, -0.2) is 0 Å². The summed E-state index contributed by atoms with van der Waals surface area (Å²) in [5.74, 6) is -0.255. The van der Waals surface area contributed by atoms with Gasteiger partial charge in [0.1, 0.15) is 0 Å². The number of hydrogen-bond donors (Lipinski definition) is 1. The molecule has 20 heavy (non-hydrogen) atoms. The molecule has 108 valence electrons. The zero-order valence-electron chi connectivity index (χ0n) is 12.0. The maximum absolute atomic E-state index is 12.1. The summed E-state index contributed by atoms with van der Waals surface area (Å²) in [6, 6.07) is 7.24. The largest absolute Gasteiger partial charge is 0.366 e. The lowest BCUT2D eigenvalue weighted by Gasteiger charge is -2.26. The normalized spacial score (nSPS) is 19.0. The molecular weight excluding hydrogens is 254 g/mol. The Kier molecular flexibility index (Phi) is 4.39. The van der Waals surface area contributed by atoms with Crippen LogP contribution in [0.25, 0.3) is 0 Å². The molecule has 1 aromatic carbocycles. The van der Waals surface area contributed by atoms with Gasteiger partial charge in [-0.3, -0.25) is 14.5 Å². The van der Waals surface area contributed by atoms with Gasteiger partial charge in [0.25, 0.3) is 0 Å². The van der Waals surface area contributed by atoms with E-state index in [0.717, 1.165) is 31.5 Å². The third-order valence-electron chi connectivity index (χ3n) is 3.71. The molecule has 5 nitrogen and oxygen atoms in total. The molecule has 1 saturated heterocycles. The quantitative estimate of drug-likeness (QED) is 0.885. The fourth-order valence-electron chi connectivity index (χ4n) is 2.60. The molecule has 1 aromatic rings. The van der Waals surface area contributed by atoms with Crippen LogP contribution in [0.3, 0.4) is 0 Å².